The summed E-state index contributed by atoms with van der Waals surface area (Å²) in [6, 6.07) is 8.08. The number of carbonyl (C=O) groups is 1. The van der Waals surface area contributed by atoms with E-state index in [2.05, 4.69) is 4.99 Å². The number of unbranched alkanes of at least 4 members (excludes halogenated alkanes) is 2. The Kier molecular flexibility index (Phi) is 6.22. The molecule has 1 heterocycles. The lowest BCUT2D eigenvalue weighted by Gasteiger charge is -2.15. The molecule has 0 aromatic heterocycles. The van der Waals surface area contributed by atoms with Gasteiger partial charge in [0.15, 0.2) is 0 Å². The second kappa shape index (κ2) is 8.16. The number of hydrogen-bond donors (Lipinski definition) is 0. The van der Waals surface area contributed by atoms with E-state index in [0.29, 0.717) is 18.1 Å². The van der Waals surface area contributed by atoms with Gasteiger partial charge in [-0.05, 0) is 43.5 Å². The smallest absolute Gasteiger partial charge is 0.277 e. The van der Waals surface area contributed by atoms with Gasteiger partial charge in [0, 0.05) is 32.2 Å². The van der Waals surface area contributed by atoms with Gasteiger partial charge >= 0.3 is 0 Å². The molecular weight excluding hydrogens is 310 g/mol. The lowest BCUT2D eigenvalue weighted by atomic mass is 10.1. The SMILES string of the molecule is CC1=N/C(=C\c2ccc(N(C)C)cc2)C(=O)N1CCCCCCl. The lowest BCUT2D eigenvalue weighted by Crippen LogP contribution is -2.31. The van der Waals surface area contributed by atoms with E-state index in [0.717, 1.165) is 36.3 Å². The van der Waals surface area contributed by atoms with Gasteiger partial charge < -0.3 is 4.90 Å². The number of halogens is 1. The number of alkyl halides is 1. The van der Waals surface area contributed by atoms with Crippen LogP contribution in [0.2, 0.25) is 0 Å². The van der Waals surface area contributed by atoms with Crippen LogP contribution in [0.3, 0.4) is 0 Å². The molecule has 0 saturated carbocycles. The van der Waals surface area contributed by atoms with Gasteiger partial charge in [0.05, 0.1) is 0 Å². The zero-order valence-electron chi connectivity index (χ0n) is 14.1. The van der Waals surface area contributed by atoms with Crippen molar-refractivity contribution in [1.82, 2.24) is 4.90 Å². The van der Waals surface area contributed by atoms with Crippen molar-refractivity contribution >= 4 is 35.1 Å². The summed E-state index contributed by atoms with van der Waals surface area (Å²) >= 11 is 5.68. The first-order valence-electron chi connectivity index (χ1n) is 7.95. The average Bonchev–Trinajstić information content (AvgIpc) is 2.79. The van der Waals surface area contributed by atoms with E-state index in [1.54, 1.807) is 4.90 Å². The zero-order chi connectivity index (χ0) is 16.8. The van der Waals surface area contributed by atoms with Crippen molar-refractivity contribution in [3.05, 3.63) is 35.5 Å². The predicted molar refractivity (Wildman–Crippen MR) is 98.1 cm³/mol. The highest BCUT2D eigenvalue weighted by Crippen LogP contribution is 2.20. The molecule has 1 aliphatic heterocycles. The quantitative estimate of drug-likeness (QED) is 0.432. The number of nitrogens with zero attached hydrogens (tertiary/aromatic N) is 3. The van der Waals surface area contributed by atoms with Crippen molar-refractivity contribution in [3.8, 4) is 0 Å². The Morgan fingerprint density at radius 2 is 1.87 bits per heavy atom. The van der Waals surface area contributed by atoms with Crippen LogP contribution in [-0.4, -0.2) is 43.2 Å². The fraction of sp³-hybridized carbons (Fsp3) is 0.444. The van der Waals surface area contributed by atoms with Crippen LogP contribution in [0.15, 0.2) is 35.0 Å². The third-order valence-corrected chi connectivity index (χ3v) is 4.13. The standard InChI is InChI=1S/C18H24ClN3O/c1-14-20-17(18(23)22(14)12-6-4-5-11-19)13-15-7-9-16(10-8-15)21(2)3/h7-10,13H,4-6,11-12H2,1-3H3/b17-13-. The van der Waals surface area contributed by atoms with Crippen molar-refractivity contribution in [2.24, 2.45) is 4.99 Å². The topological polar surface area (TPSA) is 35.9 Å². The number of rotatable bonds is 7. The van der Waals surface area contributed by atoms with E-state index in [9.17, 15) is 4.79 Å². The molecule has 4 nitrogen and oxygen atoms in total. The minimum atomic E-state index is -0.00920. The van der Waals surface area contributed by atoms with Crippen molar-refractivity contribution in [3.63, 3.8) is 0 Å². The fourth-order valence-electron chi connectivity index (χ4n) is 2.49. The molecule has 1 amide bonds. The van der Waals surface area contributed by atoms with Gasteiger partial charge in [-0.1, -0.05) is 18.6 Å². The molecule has 124 valence electrons. The molecule has 0 atom stereocenters. The Labute approximate surface area is 143 Å². The molecule has 0 N–H and O–H groups in total. The second-order valence-corrected chi connectivity index (χ2v) is 6.26. The van der Waals surface area contributed by atoms with Crippen LogP contribution < -0.4 is 4.90 Å². The van der Waals surface area contributed by atoms with E-state index in [-0.39, 0.29) is 5.91 Å². The third-order valence-electron chi connectivity index (χ3n) is 3.87. The summed E-state index contributed by atoms with van der Waals surface area (Å²) < 4.78 is 0. The first kappa shape index (κ1) is 17.5. The zero-order valence-corrected chi connectivity index (χ0v) is 14.8. The van der Waals surface area contributed by atoms with Crippen LogP contribution in [0, 0.1) is 0 Å². The highest BCUT2D eigenvalue weighted by molar-refractivity contribution is 6.17. The molecule has 0 radical (unpaired) electrons. The van der Waals surface area contributed by atoms with Gasteiger partial charge in [-0.15, -0.1) is 11.6 Å². The number of carbonyl (C=O) groups excluding carboxylic acids is 1. The average molecular weight is 334 g/mol. The molecule has 2 rings (SSSR count). The molecule has 0 unspecified atom stereocenters. The molecular formula is C18H24ClN3O. The molecule has 1 aromatic carbocycles. The number of amidine groups is 1. The monoisotopic (exact) mass is 333 g/mol. The maximum atomic E-state index is 12.5. The van der Waals surface area contributed by atoms with Crippen molar-refractivity contribution in [2.45, 2.75) is 26.2 Å². The van der Waals surface area contributed by atoms with Gasteiger partial charge in [-0.2, -0.15) is 0 Å². The number of hydrogen-bond acceptors (Lipinski definition) is 3. The van der Waals surface area contributed by atoms with Crippen LogP contribution in [0.25, 0.3) is 6.08 Å². The van der Waals surface area contributed by atoms with Crippen molar-refractivity contribution in [2.75, 3.05) is 31.4 Å². The Hall–Kier alpha value is -1.81. The first-order chi connectivity index (χ1) is 11.0. The summed E-state index contributed by atoms with van der Waals surface area (Å²) in [6.07, 6.45) is 4.83. The Morgan fingerprint density at radius 3 is 2.48 bits per heavy atom. The van der Waals surface area contributed by atoms with Gasteiger partial charge in [-0.3, -0.25) is 9.69 Å². The van der Waals surface area contributed by atoms with Gasteiger partial charge in [0.2, 0.25) is 0 Å². The summed E-state index contributed by atoms with van der Waals surface area (Å²) in [4.78, 5) is 20.7. The van der Waals surface area contributed by atoms with Crippen molar-refractivity contribution < 1.29 is 4.79 Å². The van der Waals surface area contributed by atoms with E-state index in [4.69, 9.17) is 11.6 Å². The van der Waals surface area contributed by atoms with Crippen LogP contribution in [-0.2, 0) is 4.79 Å². The number of anilines is 1. The minimum absolute atomic E-state index is 0.00920. The largest absolute Gasteiger partial charge is 0.378 e. The molecule has 0 fully saturated rings. The Balaban J connectivity index is 2.04. The van der Waals surface area contributed by atoms with Gasteiger partial charge in [0.1, 0.15) is 11.5 Å². The summed E-state index contributed by atoms with van der Waals surface area (Å²) in [5, 5.41) is 0. The fourth-order valence-corrected chi connectivity index (χ4v) is 2.68. The van der Waals surface area contributed by atoms with Crippen LogP contribution >= 0.6 is 11.6 Å². The predicted octanol–water partition coefficient (Wildman–Crippen LogP) is 3.76. The Bertz CT molecular complexity index is 605. The van der Waals surface area contributed by atoms with E-state index < -0.39 is 0 Å². The highest BCUT2D eigenvalue weighted by atomic mass is 35.5. The third kappa shape index (κ3) is 4.58. The summed E-state index contributed by atoms with van der Waals surface area (Å²) in [5.41, 5.74) is 2.63. The van der Waals surface area contributed by atoms with Gasteiger partial charge in [0.25, 0.3) is 5.91 Å². The van der Waals surface area contributed by atoms with Crippen LogP contribution in [0.5, 0.6) is 0 Å². The highest BCUT2D eigenvalue weighted by Gasteiger charge is 2.26. The molecule has 0 aliphatic carbocycles. The van der Waals surface area contributed by atoms with E-state index in [1.165, 1.54) is 0 Å². The molecule has 0 bridgehead atoms. The molecule has 5 heteroatoms. The number of amides is 1. The normalized spacial score (nSPS) is 16.2. The number of benzene rings is 1. The van der Waals surface area contributed by atoms with Crippen LogP contribution in [0.4, 0.5) is 5.69 Å². The molecule has 23 heavy (non-hydrogen) atoms. The second-order valence-electron chi connectivity index (χ2n) is 5.88. The first-order valence-corrected chi connectivity index (χ1v) is 8.48. The molecule has 1 aromatic rings. The Morgan fingerprint density at radius 1 is 1.17 bits per heavy atom. The maximum Gasteiger partial charge on any atom is 0.277 e. The van der Waals surface area contributed by atoms with Crippen LogP contribution in [0.1, 0.15) is 31.7 Å². The maximum absolute atomic E-state index is 12.5. The molecule has 0 saturated heterocycles. The summed E-state index contributed by atoms with van der Waals surface area (Å²) in [5.74, 6) is 1.44. The lowest BCUT2D eigenvalue weighted by molar-refractivity contribution is -0.122. The summed E-state index contributed by atoms with van der Waals surface area (Å²) in [6.45, 7) is 2.59. The molecule has 0 spiro atoms. The van der Waals surface area contributed by atoms with Crippen molar-refractivity contribution in [1.29, 1.82) is 0 Å². The summed E-state index contributed by atoms with van der Waals surface area (Å²) in [7, 11) is 4.01. The van der Waals surface area contributed by atoms with E-state index in [1.807, 2.05) is 56.3 Å². The van der Waals surface area contributed by atoms with Gasteiger partial charge in [-0.25, -0.2) is 4.99 Å². The van der Waals surface area contributed by atoms with E-state index >= 15 is 0 Å². The number of aliphatic imine (C=N–C) groups is 1. The molecule has 1 aliphatic rings. The minimum Gasteiger partial charge on any atom is -0.378 e.